The summed E-state index contributed by atoms with van der Waals surface area (Å²) in [5.74, 6) is 0. The van der Waals surface area contributed by atoms with Gasteiger partial charge in [-0.15, -0.1) is 0 Å². The number of nitrogens with zero attached hydrogens (tertiary/aromatic N) is 1. The van der Waals surface area contributed by atoms with E-state index < -0.39 is 10.2 Å². The van der Waals surface area contributed by atoms with Crippen LogP contribution in [-0.4, -0.2) is 44.1 Å². The number of piperidine rings is 1. The SMILES string of the molecule is O=S(=O)(NCC1(CO)CCCCC1)N1CCCCC1. The van der Waals surface area contributed by atoms with Crippen LogP contribution in [0.4, 0.5) is 0 Å². The number of hydrogen-bond acceptors (Lipinski definition) is 3. The molecule has 2 fully saturated rings. The first-order chi connectivity index (χ1) is 9.08. The molecule has 0 amide bonds. The van der Waals surface area contributed by atoms with Gasteiger partial charge in [0.05, 0.1) is 0 Å². The Morgan fingerprint density at radius 2 is 1.58 bits per heavy atom. The Balaban J connectivity index is 1.92. The van der Waals surface area contributed by atoms with Crippen molar-refractivity contribution in [3.05, 3.63) is 0 Å². The average Bonchev–Trinajstić information content (AvgIpc) is 2.47. The second-order valence-electron chi connectivity index (χ2n) is 6.00. The Labute approximate surface area is 116 Å². The third-order valence-corrected chi connectivity index (χ3v) is 6.09. The minimum Gasteiger partial charge on any atom is -0.396 e. The third-order valence-electron chi connectivity index (χ3n) is 4.53. The highest BCUT2D eigenvalue weighted by atomic mass is 32.2. The second kappa shape index (κ2) is 6.52. The molecule has 2 N–H and O–H groups in total. The summed E-state index contributed by atoms with van der Waals surface area (Å²) >= 11 is 0. The first kappa shape index (κ1) is 15.2. The van der Waals surface area contributed by atoms with E-state index in [-0.39, 0.29) is 12.0 Å². The van der Waals surface area contributed by atoms with Crippen LogP contribution in [0.5, 0.6) is 0 Å². The van der Waals surface area contributed by atoms with Gasteiger partial charge >= 0.3 is 0 Å². The summed E-state index contributed by atoms with van der Waals surface area (Å²) in [6.07, 6.45) is 8.24. The predicted molar refractivity (Wildman–Crippen MR) is 75.0 cm³/mol. The summed E-state index contributed by atoms with van der Waals surface area (Å²) in [5, 5.41) is 9.60. The van der Waals surface area contributed by atoms with Gasteiger partial charge < -0.3 is 5.11 Å². The highest BCUT2D eigenvalue weighted by molar-refractivity contribution is 7.87. The monoisotopic (exact) mass is 290 g/mol. The molecule has 1 aliphatic heterocycles. The zero-order valence-electron chi connectivity index (χ0n) is 11.6. The molecule has 0 unspecified atom stereocenters. The molecule has 2 aliphatic rings. The molecular weight excluding hydrogens is 264 g/mol. The van der Waals surface area contributed by atoms with Crippen molar-refractivity contribution >= 4 is 10.2 Å². The highest BCUT2D eigenvalue weighted by Gasteiger charge is 2.34. The van der Waals surface area contributed by atoms with E-state index in [9.17, 15) is 13.5 Å². The first-order valence-corrected chi connectivity index (χ1v) is 8.88. The molecule has 0 bridgehead atoms. The summed E-state index contributed by atoms with van der Waals surface area (Å²) in [6.45, 7) is 1.71. The van der Waals surface area contributed by atoms with Crippen LogP contribution in [-0.2, 0) is 10.2 Å². The molecule has 19 heavy (non-hydrogen) atoms. The van der Waals surface area contributed by atoms with Gasteiger partial charge in [-0.2, -0.15) is 12.7 Å². The Hall–Kier alpha value is -0.170. The molecule has 0 aromatic heterocycles. The molecule has 0 atom stereocenters. The van der Waals surface area contributed by atoms with Crippen molar-refractivity contribution in [1.29, 1.82) is 0 Å². The largest absolute Gasteiger partial charge is 0.396 e. The smallest absolute Gasteiger partial charge is 0.279 e. The van der Waals surface area contributed by atoms with Crippen LogP contribution in [0.25, 0.3) is 0 Å². The fourth-order valence-corrected chi connectivity index (χ4v) is 4.54. The number of aliphatic hydroxyl groups excluding tert-OH is 1. The summed E-state index contributed by atoms with van der Waals surface area (Å²) in [6, 6.07) is 0. The molecule has 5 nitrogen and oxygen atoms in total. The van der Waals surface area contributed by atoms with E-state index in [1.54, 1.807) is 4.31 Å². The van der Waals surface area contributed by atoms with E-state index in [0.717, 1.165) is 44.9 Å². The van der Waals surface area contributed by atoms with Crippen LogP contribution < -0.4 is 4.72 Å². The molecule has 1 saturated heterocycles. The van der Waals surface area contributed by atoms with Crippen molar-refractivity contribution < 1.29 is 13.5 Å². The minimum absolute atomic E-state index is 0.0789. The lowest BCUT2D eigenvalue weighted by atomic mass is 9.75. The standard InChI is InChI=1S/C13H26N2O3S/c16-12-13(7-3-1-4-8-13)11-14-19(17,18)15-9-5-2-6-10-15/h14,16H,1-12H2. The maximum Gasteiger partial charge on any atom is 0.279 e. The van der Waals surface area contributed by atoms with Crippen molar-refractivity contribution in [3.8, 4) is 0 Å². The maximum atomic E-state index is 12.2. The predicted octanol–water partition coefficient (Wildman–Crippen LogP) is 1.25. The van der Waals surface area contributed by atoms with Gasteiger partial charge in [0.2, 0.25) is 0 Å². The molecule has 0 spiro atoms. The fraction of sp³-hybridized carbons (Fsp3) is 1.00. The van der Waals surface area contributed by atoms with Crippen LogP contribution in [0.1, 0.15) is 51.4 Å². The maximum absolute atomic E-state index is 12.2. The third kappa shape index (κ3) is 3.90. The lowest BCUT2D eigenvalue weighted by molar-refractivity contribution is 0.0862. The topological polar surface area (TPSA) is 69.6 Å². The molecule has 1 saturated carbocycles. The molecular formula is C13H26N2O3S. The van der Waals surface area contributed by atoms with Gasteiger partial charge in [0.1, 0.15) is 0 Å². The van der Waals surface area contributed by atoms with Gasteiger partial charge in [0.15, 0.2) is 0 Å². The normalized spacial score (nSPS) is 25.3. The molecule has 1 aliphatic carbocycles. The van der Waals surface area contributed by atoms with Crippen LogP contribution in [0, 0.1) is 5.41 Å². The van der Waals surface area contributed by atoms with Gasteiger partial charge in [0.25, 0.3) is 10.2 Å². The van der Waals surface area contributed by atoms with Crippen molar-refractivity contribution in [1.82, 2.24) is 9.03 Å². The Bertz CT molecular complexity index is 371. The Kier molecular flexibility index (Phi) is 5.22. The Morgan fingerprint density at radius 3 is 2.16 bits per heavy atom. The average molecular weight is 290 g/mol. The Morgan fingerprint density at radius 1 is 1.00 bits per heavy atom. The molecule has 0 radical (unpaired) electrons. The van der Waals surface area contributed by atoms with Crippen LogP contribution in [0.3, 0.4) is 0 Å². The summed E-state index contributed by atoms with van der Waals surface area (Å²) in [7, 11) is -3.36. The van der Waals surface area contributed by atoms with Crippen molar-refractivity contribution in [2.45, 2.75) is 51.4 Å². The van der Waals surface area contributed by atoms with E-state index in [4.69, 9.17) is 0 Å². The minimum atomic E-state index is -3.36. The first-order valence-electron chi connectivity index (χ1n) is 7.44. The van der Waals surface area contributed by atoms with Gasteiger partial charge in [-0.3, -0.25) is 0 Å². The van der Waals surface area contributed by atoms with Gasteiger partial charge in [-0.25, -0.2) is 4.72 Å². The molecule has 0 aromatic carbocycles. The number of rotatable bonds is 5. The van der Waals surface area contributed by atoms with Gasteiger partial charge in [-0.05, 0) is 25.7 Å². The molecule has 1 heterocycles. The molecule has 6 heteroatoms. The van der Waals surface area contributed by atoms with Gasteiger partial charge in [-0.1, -0.05) is 25.7 Å². The van der Waals surface area contributed by atoms with E-state index in [1.165, 1.54) is 6.42 Å². The van der Waals surface area contributed by atoms with Crippen LogP contribution in [0.2, 0.25) is 0 Å². The second-order valence-corrected chi connectivity index (χ2v) is 7.76. The lowest BCUT2D eigenvalue weighted by Crippen LogP contribution is -2.48. The molecule has 112 valence electrons. The summed E-state index contributed by atoms with van der Waals surface area (Å²) < 4.78 is 28.7. The van der Waals surface area contributed by atoms with Crippen molar-refractivity contribution in [2.24, 2.45) is 5.41 Å². The number of nitrogens with one attached hydrogen (secondary N) is 1. The summed E-state index contributed by atoms with van der Waals surface area (Å²) in [5.41, 5.74) is -0.235. The van der Waals surface area contributed by atoms with E-state index in [2.05, 4.69) is 4.72 Å². The zero-order chi connectivity index (χ0) is 13.8. The van der Waals surface area contributed by atoms with Crippen LogP contribution >= 0.6 is 0 Å². The lowest BCUT2D eigenvalue weighted by Gasteiger charge is -2.36. The number of hydrogen-bond donors (Lipinski definition) is 2. The number of aliphatic hydroxyl groups is 1. The summed E-state index contributed by atoms with van der Waals surface area (Å²) in [4.78, 5) is 0. The molecule has 0 aromatic rings. The van der Waals surface area contributed by atoms with E-state index in [0.29, 0.717) is 19.6 Å². The van der Waals surface area contributed by atoms with Crippen molar-refractivity contribution in [2.75, 3.05) is 26.2 Å². The highest BCUT2D eigenvalue weighted by Crippen LogP contribution is 2.35. The fourth-order valence-electron chi connectivity index (χ4n) is 3.13. The van der Waals surface area contributed by atoms with E-state index in [1.807, 2.05) is 0 Å². The van der Waals surface area contributed by atoms with Crippen molar-refractivity contribution in [3.63, 3.8) is 0 Å². The quantitative estimate of drug-likeness (QED) is 0.800. The molecule has 2 rings (SSSR count). The zero-order valence-corrected chi connectivity index (χ0v) is 12.4. The van der Waals surface area contributed by atoms with Crippen LogP contribution in [0.15, 0.2) is 0 Å². The van der Waals surface area contributed by atoms with E-state index >= 15 is 0 Å². The van der Waals surface area contributed by atoms with Gasteiger partial charge in [0, 0.05) is 31.7 Å².